The zero-order valence-corrected chi connectivity index (χ0v) is 31.8. The van der Waals surface area contributed by atoms with Crippen LogP contribution in [0.15, 0.2) is 144 Å². The van der Waals surface area contributed by atoms with E-state index in [1.807, 2.05) is 85.1 Å². The van der Waals surface area contributed by atoms with Crippen molar-refractivity contribution in [2.75, 3.05) is 0 Å². The minimum absolute atomic E-state index is 0. The molecule has 7 heteroatoms. The third-order valence-electron chi connectivity index (χ3n) is 8.58. The van der Waals surface area contributed by atoms with Crippen LogP contribution in [-0.4, -0.2) is 32.8 Å². The van der Waals surface area contributed by atoms with Crippen molar-refractivity contribution in [1.82, 2.24) is 19.5 Å². The molecule has 9 rings (SSSR count). The van der Waals surface area contributed by atoms with E-state index in [0.29, 0.717) is 0 Å². The molecule has 49 heavy (non-hydrogen) atoms. The number of imidazole rings is 1. The molecule has 0 fully saturated rings. The van der Waals surface area contributed by atoms with E-state index in [1.165, 1.54) is 4.40 Å². The molecule has 5 aromatic carbocycles. The molecule has 241 valence electrons. The molecule has 0 spiro atoms. The molecule has 5 nitrogen and oxygen atoms in total. The monoisotopic (exact) mass is 875 g/mol. The average Bonchev–Trinajstić information content (AvgIpc) is 3.71. The largest absolute Gasteiger partial charge is 0.305 e. The van der Waals surface area contributed by atoms with Crippen molar-refractivity contribution in [1.29, 1.82) is 0 Å². The standard InChI is InChI=1S/C31H24GeN3O.C11H8N.Ir/c1-32(2,3)21-16-17-24-25-14-9-15-26(29(25)36-27(24)18-21)30-34-28-23-13-8-7-10-20(23)19-33-31(28)35(30)22-11-5-4-6-12-22;1-2-6-10(7-3-1)11-8-4-5-9-12-11;/h4-14,16-19H,1-3H3;1-6,8-9H;/q2*-1;. The second-order valence-corrected chi connectivity index (χ2v) is 23.4. The van der Waals surface area contributed by atoms with E-state index in [9.17, 15) is 0 Å². The quantitative estimate of drug-likeness (QED) is 0.131. The van der Waals surface area contributed by atoms with Gasteiger partial charge in [0.15, 0.2) is 0 Å². The van der Waals surface area contributed by atoms with Gasteiger partial charge in [-0.25, -0.2) is 0 Å². The number of fused-ring (bicyclic) bond motifs is 6. The summed E-state index contributed by atoms with van der Waals surface area (Å²) < 4.78 is 10.1. The van der Waals surface area contributed by atoms with Crippen molar-refractivity contribution in [3.63, 3.8) is 0 Å². The molecule has 0 bridgehead atoms. The van der Waals surface area contributed by atoms with Gasteiger partial charge in [-0.2, -0.15) is 0 Å². The van der Waals surface area contributed by atoms with Crippen LogP contribution in [-0.2, 0) is 20.1 Å². The van der Waals surface area contributed by atoms with Gasteiger partial charge in [0.1, 0.15) is 0 Å². The van der Waals surface area contributed by atoms with Crippen molar-refractivity contribution >= 4 is 61.5 Å². The van der Waals surface area contributed by atoms with Crippen LogP contribution in [0, 0.1) is 12.1 Å². The Morgan fingerprint density at radius 1 is 0.694 bits per heavy atom. The Hall–Kier alpha value is -4.88. The summed E-state index contributed by atoms with van der Waals surface area (Å²) in [5, 5.41) is 4.36. The van der Waals surface area contributed by atoms with Gasteiger partial charge in [-0.1, -0.05) is 18.2 Å². The van der Waals surface area contributed by atoms with Crippen LogP contribution >= 0.6 is 0 Å². The van der Waals surface area contributed by atoms with Gasteiger partial charge in [0, 0.05) is 26.3 Å². The third-order valence-corrected chi connectivity index (χ3v) is 12.9. The fraction of sp³-hybridized carbons (Fsp3) is 0.0714. The molecule has 1 radical (unpaired) electrons. The van der Waals surface area contributed by atoms with Gasteiger partial charge in [0.25, 0.3) is 0 Å². The summed E-state index contributed by atoms with van der Waals surface area (Å²) >= 11 is -2.00. The number of rotatable bonds is 4. The summed E-state index contributed by atoms with van der Waals surface area (Å²) in [6.45, 7) is 0. The van der Waals surface area contributed by atoms with Crippen LogP contribution in [0.1, 0.15) is 0 Å². The number of aromatic nitrogens is 4. The van der Waals surface area contributed by atoms with E-state index in [-0.39, 0.29) is 20.1 Å². The first-order chi connectivity index (χ1) is 23.5. The maximum Gasteiger partial charge on any atom is 0.0160 e. The van der Waals surface area contributed by atoms with Crippen molar-refractivity contribution in [2.24, 2.45) is 0 Å². The second kappa shape index (κ2) is 13.6. The SMILES string of the molecule is [CH3][Ge]([CH3])([CH3])[c]1ccc2c(c1)oc1c(-c3nc4c5ccccc5cnc4n3-c3ccccc3)[c-]ccc12.[Ir].[c-]1ccccc1-c1ccccn1. The first kappa shape index (κ1) is 32.7. The fourth-order valence-electron chi connectivity index (χ4n) is 6.11. The fourth-order valence-corrected chi connectivity index (χ4v) is 8.51. The number of pyridine rings is 2. The molecule has 4 heterocycles. The van der Waals surface area contributed by atoms with E-state index in [1.54, 1.807) is 6.20 Å². The normalized spacial score (nSPS) is 11.4. The van der Waals surface area contributed by atoms with Crippen molar-refractivity contribution < 1.29 is 24.5 Å². The Kier molecular flexibility index (Phi) is 9.04. The van der Waals surface area contributed by atoms with E-state index < -0.39 is 13.3 Å². The third kappa shape index (κ3) is 6.24. The molecule has 0 saturated heterocycles. The van der Waals surface area contributed by atoms with Crippen molar-refractivity contribution in [2.45, 2.75) is 17.3 Å². The van der Waals surface area contributed by atoms with Crippen molar-refractivity contribution in [3.8, 4) is 28.3 Å². The maximum atomic E-state index is 6.57. The molecule has 0 aliphatic heterocycles. The molecule has 0 N–H and O–H groups in total. The predicted octanol–water partition coefficient (Wildman–Crippen LogP) is 10.0. The van der Waals surface area contributed by atoms with Crippen LogP contribution in [0.3, 0.4) is 0 Å². The summed E-state index contributed by atoms with van der Waals surface area (Å²) in [5.41, 5.74) is 7.28. The smallest absolute Gasteiger partial charge is 0.0160 e. The number of hydrogen-bond donors (Lipinski definition) is 0. The number of para-hydroxylation sites is 1. The number of benzene rings is 5. The van der Waals surface area contributed by atoms with Crippen LogP contribution in [0.25, 0.3) is 72.2 Å². The van der Waals surface area contributed by atoms with Gasteiger partial charge >= 0.3 is 206 Å². The van der Waals surface area contributed by atoms with E-state index in [0.717, 1.165) is 72.2 Å². The Labute approximate surface area is 301 Å². The Morgan fingerprint density at radius 3 is 2.27 bits per heavy atom. The zero-order valence-electron chi connectivity index (χ0n) is 27.3. The van der Waals surface area contributed by atoms with Gasteiger partial charge in [0.05, 0.1) is 0 Å². The minimum Gasteiger partial charge on any atom is -0.305 e. The predicted molar refractivity (Wildman–Crippen MR) is 199 cm³/mol. The van der Waals surface area contributed by atoms with Crippen LogP contribution in [0.5, 0.6) is 0 Å². The Bertz CT molecular complexity index is 2500. The zero-order chi connectivity index (χ0) is 32.7. The molecule has 0 unspecified atom stereocenters. The molecule has 0 amide bonds. The summed E-state index contributed by atoms with van der Waals surface area (Å²) in [7, 11) is 0. The van der Waals surface area contributed by atoms with Crippen LogP contribution < -0.4 is 4.40 Å². The molecule has 0 saturated carbocycles. The molecule has 0 aliphatic rings. The number of nitrogens with zero attached hydrogens (tertiary/aromatic N) is 4. The van der Waals surface area contributed by atoms with Gasteiger partial charge < -0.3 is 4.98 Å². The molecular formula is C42H32GeIrN4O-2. The summed E-state index contributed by atoms with van der Waals surface area (Å²) in [4.78, 5) is 14.3. The Balaban J connectivity index is 0.000000246. The summed E-state index contributed by atoms with van der Waals surface area (Å²) in [5.74, 6) is 7.99. The van der Waals surface area contributed by atoms with E-state index in [2.05, 4.69) is 87.5 Å². The molecule has 0 atom stereocenters. The summed E-state index contributed by atoms with van der Waals surface area (Å²) in [6, 6.07) is 49.6. The number of hydrogen-bond acceptors (Lipinski definition) is 4. The maximum absolute atomic E-state index is 6.57. The van der Waals surface area contributed by atoms with Crippen molar-refractivity contribution in [3.05, 3.63) is 152 Å². The van der Waals surface area contributed by atoms with Gasteiger partial charge in [0.2, 0.25) is 0 Å². The first-order valence-electron chi connectivity index (χ1n) is 16.0. The molecule has 4 aromatic heterocycles. The van der Waals surface area contributed by atoms with Crippen LogP contribution in [0.2, 0.25) is 17.3 Å². The second-order valence-electron chi connectivity index (χ2n) is 12.8. The molecular weight excluding hydrogens is 841 g/mol. The van der Waals surface area contributed by atoms with E-state index >= 15 is 0 Å². The van der Waals surface area contributed by atoms with Gasteiger partial charge in [-0.05, 0) is 11.8 Å². The van der Waals surface area contributed by atoms with Gasteiger partial charge in [-0.3, -0.25) is 0 Å². The molecule has 0 aliphatic carbocycles. The summed E-state index contributed by atoms with van der Waals surface area (Å²) in [6.07, 6.45) is 3.71. The Morgan fingerprint density at radius 2 is 1.49 bits per heavy atom. The molecule has 9 aromatic rings. The minimum atomic E-state index is -2.00. The topological polar surface area (TPSA) is 56.7 Å². The van der Waals surface area contributed by atoms with Gasteiger partial charge in [-0.15, -0.1) is 35.9 Å². The van der Waals surface area contributed by atoms with Crippen LogP contribution in [0.4, 0.5) is 0 Å². The van der Waals surface area contributed by atoms with E-state index in [4.69, 9.17) is 14.4 Å². The first-order valence-corrected chi connectivity index (χ1v) is 23.4. The average molecular weight is 874 g/mol. The number of furan rings is 1.